The van der Waals surface area contributed by atoms with E-state index < -0.39 is 14.0 Å². The van der Waals surface area contributed by atoms with Crippen LogP contribution in [0.1, 0.15) is 37.7 Å². The molecule has 1 amide bonds. The second-order valence-electron chi connectivity index (χ2n) is 9.26. The highest BCUT2D eigenvalue weighted by molar-refractivity contribution is 6.90. The Labute approximate surface area is 230 Å². The molecular formula is C26H39N7O5Si. The van der Waals surface area contributed by atoms with Crippen molar-refractivity contribution < 1.29 is 23.4 Å². The lowest BCUT2D eigenvalue weighted by atomic mass is 10.4. The average Bonchev–Trinajstić information content (AvgIpc) is 3.41. The van der Waals surface area contributed by atoms with E-state index in [0.717, 1.165) is 36.5 Å². The number of carbonyl (C=O) groups excluding carboxylic acids is 1. The number of furan rings is 1. The number of carbonyl (C=O) groups is 1. The minimum atomic E-state index is -1.77. The average molecular weight is 558 g/mol. The van der Waals surface area contributed by atoms with Crippen molar-refractivity contribution in [1.29, 1.82) is 0 Å². The van der Waals surface area contributed by atoms with E-state index in [0.29, 0.717) is 18.4 Å². The third-order valence-corrected chi connectivity index (χ3v) is 11.9. The minimum absolute atomic E-state index is 0.0219. The number of ether oxygens (including phenoxy) is 3. The Kier molecular flexibility index (Phi) is 10.6. The molecular weight excluding hydrogens is 518 g/mol. The quantitative estimate of drug-likeness (QED) is 0.207. The summed E-state index contributed by atoms with van der Waals surface area (Å²) in [5.41, 5.74) is 1.05. The zero-order valence-corrected chi connectivity index (χ0v) is 24.8. The number of anilines is 2. The fraction of sp³-hybridized carbons (Fsp3) is 0.500. The summed E-state index contributed by atoms with van der Waals surface area (Å²) in [5, 5.41) is 5.87. The topological polar surface area (TPSA) is 137 Å². The second kappa shape index (κ2) is 13.9. The van der Waals surface area contributed by atoms with Crippen LogP contribution in [0.2, 0.25) is 18.1 Å². The molecule has 12 nitrogen and oxygen atoms in total. The highest BCUT2D eigenvalue weighted by atomic mass is 28.3. The number of nitrogens with one attached hydrogen (secondary N) is 2. The van der Waals surface area contributed by atoms with Crippen molar-refractivity contribution in [3.63, 3.8) is 0 Å². The molecule has 13 heteroatoms. The monoisotopic (exact) mass is 557 g/mol. The van der Waals surface area contributed by atoms with Gasteiger partial charge in [-0.1, -0.05) is 38.9 Å². The fourth-order valence-corrected chi connectivity index (χ4v) is 7.30. The molecule has 0 aliphatic carbocycles. The van der Waals surface area contributed by atoms with Crippen molar-refractivity contribution in [2.75, 3.05) is 52.0 Å². The summed E-state index contributed by atoms with van der Waals surface area (Å²) in [4.78, 5) is 33.0. The van der Waals surface area contributed by atoms with E-state index in [1.54, 1.807) is 18.3 Å². The van der Waals surface area contributed by atoms with Gasteiger partial charge in [0.2, 0.25) is 23.6 Å². The second-order valence-corrected chi connectivity index (χ2v) is 14.4. The number of hydrogen-bond donors (Lipinski definition) is 2. The SMILES string of the molecule is CC[Si](CC)(CC)c1nccc(Oc2ccc(C(=O)Nc3c(OC)nc(NCCCN(C)C)nc3OC)o2)n1. The molecule has 2 N–H and O–H groups in total. The molecule has 0 aliphatic rings. The van der Waals surface area contributed by atoms with Crippen LogP contribution in [0.5, 0.6) is 23.6 Å². The molecule has 0 aliphatic heterocycles. The summed E-state index contributed by atoms with van der Waals surface area (Å²) in [5.74, 6) is 0.616. The van der Waals surface area contributed by atoms with E-state index in [9.17, 15) is 4.79 Å². The lowest BCUT2D eigenvalue weighted by molar-refractivity contribution is 0.0990. The van der Waals surface area contributed by atoms with Gasteiger partial charge in [-0.15, -0.1) is 0 Å². The van der Waals surface area contributed by atoms with Crippen molar-refractivity contribution in [3.8, 4) is 23.6 Å². The van der Waals surface area contributed by atoms with Gasteiger partial charge in [0.15, 0.2) is 11.4 Å². The lowest BCUT2D eigenvalue weighted by Gasteiger charge is -2.25. The molecule has 0 spiro atoms. The summed E-state index contributed by atoms with van der Waals surface area (Å²) in [6.07, 6.45) is 2.60. The number of rotatable bonds is 15. The van der Waals surface area contributed by atoms with Crippen LogP contribution < -0.4 is 30.3 Å². The molecule has 3 rings (SSSR count). The Balaban J connectivity index is 1.73. The van der Waals surface area contributed by atoms with Crippen molar-refractivity contribution in [3.05, 3.63) is 30.2 Å². The molecule has 0 saturated carbocycles. The van der Waals surface area contributed by atoms with Gasteiger partial charge < -0.3 is 34.2 Å². The zero-order valence-electron chi connectivity index (χ0n) is 23.8. The van der Waals surface area contributed by atoms with Crippen LogP contribution in [0.3, 0.4) is 0 Å². The van der Waals surface area contributed by atoms with Gasteiger partial charge in [-0.25, -0.2) is 9.97 Å². The molecule has 0 saturated heterocycles. The molecule has 0 fully saturated rings. The van der Waals surface area contributed by atoms with E-state index >= 15 is 0 Å². The molecule has 0 unspecified atom stereocenters. The maximum Gasteiger partial charge on any atom is 0.291 e. The Morgan fingerprint density at radius 3 is 2.26 bits per heavy atom. The van der Waals surface area contributed by atoms with Crippen molar-refractivity contribution in [2.24, 2.45) is 0 Å². The fourth-order valence-electron chi connectivity index (χ4n) is 4.15. The van der Waals surface area contributed by atoms with Gasteiger partial charge in [-0.2, -0.15) is 9.97 Å². The standard InChI is InChI=1S/C26H39N7O5Si/c1-8-39(9-2,10-3)26-28-16-14-19(29-26)38-20-13-12-18(37-20)22(34)30-21-23(35-6)31-25(32-24(21)36-7)27-15-11-17-33(4)5/h12-14,16H,8-11,15,17H2,1-7H3,(H,30,34)(H,27,31,32). The highest BCUT2D eigenvalue weighted by Crippen LogP contribution is 2.33. The first-order valence-electron chi connectivity index (χ1n) is 13.1. The molecule has 3 aromatic rings. The van der Waals surface area contributed by atoms with E-state index in [-0.39, 0.29) is 29.2 Å². The maximum absolute atomic E-state index is 13.0. The number of amides is 1. The molecule has 3 aromatic heterocycles. The van der Waals surface area contributed by atoms with Crippen LogP contribution in [0, 0.1) is 0 Å². The van der Waals surface area contributed by atoms with Crippen molar-refractivity contribution in [2.45, 2.75) is 45.3 Å². The van der Waals surface area contributed by atoms with Crippen LogP contribution >= 0.6 is 0 Å². The third kappa shape index (κ3) is 7.45. The zero-order chi connectivity index (χ0) is 28.4. The molecule has 39 heavy (non-hydrogen) atoms. The molecule has 0 atom stereocenters. The van der Waals surface area contributed by atoms with Crippen LogP contribution in [0.25, 0.3) is 0 Å². The molecule has 0 radical (unpaired) electrons. The highest BCUT2D eigenvalue weighted by Gasteiger charge is 2.33. The maximum atomic E-state index is 13.0. The largest absolute Gasteiger partial charge is 0.479 e. The van der Waals surface area contributed by atoms with Gasteiger partial charge in [0.05, 0.1) is 14.2 Å². The van der Waals surface area contributed by atoms with E-state index in [1.807, 2.05) is 14.1 Å². The van der Waals surface area contributed by atoms with Gasteiger partial charge in [-0.3, -0.25) is 4.79 Å². The van der Waals surface area contributed by atoms with Crippen LogP contribution in [-0.2, 0) is 0 Å². The smallest absolute Gasteiger partial charge is 0.291 e. The number of nitrogens with zero attached hydrogens (tertiary/aromatic N) is 5. The normalized spacial score (nSPS) is 11.4. The van der Waals surface area contributed by atoms with Crippen LogP contribution in [-0.4, -0.2) is 80.2 Å². The molecule has 0 aromatic carbocycles. The molecule has 3 heterocycles. The van der Waals surface area contributed by atoms with Gasteiger partial charge in [0.25, 0.3) is 11.9 Å². The van der Waals surface area contributed by atoms with E-state index in [1.165, 1.54) is 20.3 Å². The van der Waals surface area contributed by atoms with E-state index in [4.69, 9.17) is 18.6 Å². The van der Waals surface area contributed by atoms with Gasteiger partial charge in [-0.05, 0) is 33.1 Å². The first-order valence-corrected chi connectivity index (χ1v) is 15.7. The Morgan fingerprint density at radius 1 is 1.00 bits per heavy atom. The van der Waals surface area contributed by atoms with Crippen LogP contribution in [0.4, 0.5) is 11.6 Å². The third-order valence-electron chi connectivity index (χ3n) is 6.68. The summed E-state index contributed by atoms with van der Waals surface area (Å²) >= 11 is 0. The van der Waals surface area contributed by atoms with E-state index in [2.05, 4.69) is 56.2 Å². The van der Waals surface area contributed by atoms with Gasteiger partial charge in [0.1, 0.15) is 13.5 Å². The van der Waals surface area contributed by atoms with Crippen molar-refractivity contribution >= 4 is 31.1 Å². The van der Waals surface area contributed by atoms with Gasteiger partial charge in [0, 0.05) is 24.9 Å². The predicted octanol–water partition coefficient (Wildman–Crippen LogP) is 4.00. The summed E-state index contributed by atoms with van der Waals surface area (Å²) in [6.45, 7) is 8.16. The summed E-state index contributed by atoms with van der Waals surface area (Å²) in [7, 11) is 5.16. The Morgan fingerprint density at radius 2 is 1.67 bits per heavy atom. The van der Waals surface area contributed by atoms with Gasteiger partial charge >= 0.3 is 0 Å². The first-order chi connectivity index (χ1) is 18.8. The van der Waals surface area contributed by atoms with Crippen LogP contribution in [0.15, 0.2) is 28.8 Å². The number of methoxy groups -OCH3 is 2. The Bertz CT molecular complexity index is 1200. The summed E-state index contributed by atoms with van der Waals surface area (Å²) < 4.78 is 22.3. The lowest BCUT2D eigenvalue weighted by Crippen LogP contribution is -2.49. The number of hydrogen-bond acceptors (Lipinski definition) is 11. The summed E-state index contributed by atoms with van der Waals surface area (Å²) in [6, 6.07) is 7.91. The predicted molar refractivity (Wildman–Crippen MR) is 152 cm³/mol. The van der Waals surface area contributed by atoms with Crippen molar-refractivity contribution in [1.82, 2.24) is 24.8 Å². The number of aromatic nitrogens is 4. The molecule has 0 bridgehead atoms. The first kappa shape index (κ1) is 29.8. The minimum Gasteiger partial charge on any atom is -0.479 e. The Hall–Kier alpha value is -3.71. The molecule has 212 valence electrons.